The fraction of sp³-hybridized carbons (Fsp3) is 0.250. The van der Waals surface area contributed by atoms with Crippen molar-refractivity contribution in [1.82, 2.24) is 4.98 Å². The van der Waals surface area contributed by atoms with Crippen LogP contribution in [-0.4, -0.2) is 16.9 Å². The average molecular weight is 313 g/mol. The van der Waals surface area contributed by atoms with Crippen molar-refractivity contribution in [3.8, 4) is 0 Å². The van der Waals surface area contributed by atoms with E-state index in [0.717, 1.165) is 30.3 Å². The average Bonchev–Trinajstić information content (AvgIpc) is 3.09. The third-order valence-corrected chi connectivity index (χ3v) is 4.88. The number of nitrogens with zero attached hydrogens (tertiary/aromatic N) is 1. The van der Waals surface area contributed by atoms with E-state index in [1.165, 1.54) is 16.2 Å². The molecule has 4 rings (SSSR count). The quantitative estimate of drug-likeness (QED) is 0.762. The van der Waals surface area contributed by atoms with Crippen LogP contribution in [-0.2, 0) is 12.8 Å². The molecule has 0 fully saturated rings. The lowest BCUT2D eigenvalue weighted by atomic mass is 9.99. The first kappa shape index (κ1) is 13.5. The van der Waals surface area contributed by atoms with Crippen molar-refractivity contribution in [3.05, 3.63) is 46.7 Å². The van der Waals surface area contributed by atoms with Crippen LogP contribution in [0.2, 0.25) is 0 Å². The van der Waals surface area contributed by atoms with E-state index < -0.39 is 0 Å². The highest BCUT2D eigenvalue weighted by molar-refractivity contribution is 7.15. The van der Waals surface area contributed by atoms with Crippen LogP contribution < -0.4 is 11.1 Å². The van der Waals surface area contributed by atoms with Gasteiger partial charge in [-0.25, -0.2) is 4.98 Å². The minimum absolute atomic E-state index is 0.201. The molecule has 0 aliphatic heterocycles. The summed E-state index contributed by atoms with van der Waals surface area (Å²) in [7, 11) is 0. The molecule has 6 heteroatoms. The van der Waals surface area contributed by atoms with Crippen LogP contribution >= 0.6 is 11.3 Å². The molecule has 0 radical (unpaired) electrons. The first-order chi connectivity index (χ1) is 10.7. The minimum Gasteiger partial charge on any atom is -0.451 e. The number of para-hydroxylation sites is 1. The molecule has 3 N–H and O–H groups in total. The van der Waals surface area contributed by atoms with E-state index in [0.29, 0.717) is 16.5 Å². The predicted molar refractivity (Wildman–Crippen MR) is 86.3 cm³/mol. The molecule has 0 unspecified atom stereocenters. The number of rotatable bonds is 2. The van der Waals surface area contributed by atoms with Crippen LogP contribution in [0.5, 0.6) is 0 Å². The molecular formula is C16H15N3O2S. The molecule has 1 aliphatic rings. The molecule has 1 atom stereocenters. The molecule has 3 aromatic rings. The van der Waals surface area contributed by atoms with Gasteiger partial charge >= 0.3 is 0 Å². The predicted octanol–water partition coefficient (Wildman–Crippen LogP) is 2.96. The zero-order chi connectivity index (χ0) is 15.1. The molecule has 0 saturated carbocycles. The lowest BCUT2D eigenvalue weighted by Crippen LogP contribution is -2.27. The van der Waals surface area contributed by atoms with Crippen molar-refractivity contribution >= 4 is 33.3 Å². The molecule has 1 aromatic carbocycles. The third-order valence-electron chi connectivity index (χ3n) is 3.85. The number of aryl methyl sites for hydroxylation is 1. The summed E-state index contributed by atoms with van der Waals surface area (Å²) in [4.78, 5) is 18.0. The fourth-order valence-corrected chi connectivity index (χ4v) is 3.80. The fourth-order valence-electron chi connectivity index (χ4n) is 2.71. The van der Waals surface area contributed by atoms with Crippen molar-refractivity contribution in [1.29, 1.82) is 0 Å². The van der Waals surface area contributed by atoms with E-state index in [4.69, 9.17) is 10.2 Å². The van der Waals surface area contributed by atoms with Gasteiger partial charge < -0.3 is 10.2 Å². The number of hydrogen-bond acceptors (Lipinski definition) is 5. The Morgan fingerprint density at radius 2 is 2.27 bits per heavy atom. The van der Waals surface area contributed by atoms with E-state index in [-0.39, 0.29) is 11.9 Å². The summed E-state index contributed by atoms with van der Waals surface area (Å²) in [5.74, 6) is 0.0256. The number of benzene rings is 1. The number of carbonyl (C=O) groups is 1. The summed E-state index contributed by atoms with van der Waals surface area (Å²) in [6.45, 7) is 0. The lowest BCUT2D eigenvalue weighted by molar-refractivity contribution is 0.0998. The molecule has 22 heavy (non-hydrogen) atoms. The highest BCUT2D eigenvalue weighted by atomic mass is 32.1. The van der Waals surface area contributed by atoms with Gasteiger partial charge in [-0.3, -0.25) is 10.1 Å². The first-order valence-electron chi connectivity index (χ1n) is 7.23. The second-order valence-electron chi connectivity index (χ2n) is 5.49. The van der Waals surface area contributed by atoms with Gasteiger partial charge in [0.05, 0.1) is 5.69 Å². The van der Waals surface area contributed by atoms with Gasteiger partial charge in [-0.2, -0.15) is 0 Å². The topological polar surface area (TPSA) is 81.1 Å². The molecule has 0 saturated heterocycles. The number of thiazole rings is 1. The van der Waals surface area contributed by atoms with Gasteiger partial charge in [0.2, 0.25) is 0 Å². The van der Waals surface area contributed by atoms with E-state index in [1.54, 1.807) is 6.07 Å². The monoisotopic (exact) mass is 313 g/mol. The molecule has 0 bridgehead atoms. The lowest BCUT2D eigenvalue weighted by Gasteiger charge is -2.15. The summed E-state index contributed by atoms with van der Waals surface area (Å²) >= 11 is 1.50. The Labute approximate surface area is 131 Å². The highest BCUT2D eigenvalue weighted by Gasteiger charge is 2.21. The Morgan fingerprint density at radius 1 is 1.41 bits per heavy atom. The number of fused-ring (bicyclic) bond motifs is 2. The van der Waals surface area contributed by atoms with E-state index in [2.05, 4.69) is 10.3 Å². The first-order valence-corrected chi connectivity index (χ1v) is 8.05. The summed E-state index contributed by atoms with van der Waals surface area (Å²) in [5, 5.41) is 4.35. The maximum absolute atomic E-state index is 12.3. The Hall–Kier alpha value is -2.18. The molecule has 1 aliphatic carbocycles. The van der Waals surface area contributed by atoms with Crippen molar-refractivity contribution < 1.29 is 9.21 Å². The zero-order valence-corrected chi connectivity index (χ0v) is 12.7. The van der Waals surface area contributed by atoms with E-state index >= 15 is 0 Å². The van der Waals surface area contributed by atoms with Crippen molar-refractivity contribution in [2.75, 3.05) is 5.32 Å². The maximum Gasteiger partial charge on any atom is 0.293 e. The van der Waals surface area contributed by atoms with Crippen molar-refractivity contribution in [2.24, 2.45) is 5.73 Å². The second kappa shape index (κ2) is 5.23. The van der Waals surface area contributed by atoms with Gasteiger partial charge in [0.15, 0.2) is 10.9 Å². The number of aromatic nitrogens is 1. The summed E-state index contributed by atoms with van der Waals surface area (Å²) in [5.41, 5.74) is 7.74. The van der Waals surface area contributed by atoms with Crippen LogP contribution in [0, 0.1) is 0 Å². The van der Waals surface area contributed by atoms with Crippen LogP contribution in [0.1, 0.15) is 27.5 Å². The smallest absolute Gasteiger partial charge is 0.293 e. The number of carbonyl (C=O) groups excluding carboxylic acids is 1. The summed E-state index contributed by atoms with van der Waals surface area (Å²) < 4.78 is 5.57. The second-order valence-corrected chi connectivity index (χ2v) is 6.58. The van der Waals surface area contributed by atoms with Gasteiger partial charge in [0, 0.05) is 16.3 Å². The highest BCUT2D eigenvalue weighted by Crippen LogP contribution is 2.29. The van der Waals surface area contributed by atoms with Crippen LogP contribution in [0.3, 0.4) is 0 Å². The Bertz CT molecular complexity index is 819. The van der Waals surface area contributed by atoms with Gasteiger partial charge in [-0.05, 0) is 31.4 Å². The van der Waals surface area contributed by atoms with Gasteiger partial charge in [-0.15, -0.1) is 11.3 Å². The zero-order valence-electron chi connectivity index (χ0n) is 11.8. The Morgan fingerprint density at radius 3 is 3.14 bits per heavy atom. The Balaban J connectivity index is 1.56. The normalized spacial score (nSPS) is 17.4. The number of hydrogen-bond donors (Lipinski definition) is 2. The minimum atomic E-state index is -0.272. The summed E-state index contributed by atoms with van der Waals surface area (Å²) in [6, 6.07) is 9.50. The largest absolute Gasteiger partial charge is 0.451 e. The number of amides is 1. The van der Waals surface area contributed by atoms with Gasteiger partial charge in [0.25, 0.3) is 5.91 Å². The molecule has 2 aromatic heterocycles. The molecular weight excluding hydrogens is 298 g/mol. The Kier molecular flexibility index (Phi) is 3.20. The van der Waals surface area contributed by atoms with Gasteiger partial charge in [0.1, 0.15) is 5.58 Å². The number of nitrogens with one attached hydrogen (secondary N) is 1. The van der Waals surface area contributed by atoms with Crippen LogP contribution in [0.25, 0.3) is 11.0 Å². The number of furan rings is 1. The van der Waals surface area contributed by atoms with E-state index in [1.807, 2.05) is 24.3 Å². The standard InChI is InChI=1S/C16H15N3O2S/c17-10-5-6-11-14(8-10)22-16(18-11)19-15(20)13-7-9-3-1-2-4-12(9)21-13/h1-4,7,10H,5-6,8,17H2,(H,18,19,20)/t10-/m0/s1. The third kappa shape index (κ3) is 2.40. The van der Waals surface area contributed by atoms with Crippen molar-refractivity contribution in [2.45, 2.75) is 25.3 Å². The van der Waals surface area contributed by atoms with Crippen molar-refractivity contribution in [3.63, 3.8) is 0 Å². The van der Waals surface area contributed by atoms with Crippen LogP contribution in [0.4, 0.5) is 5.13 Å². The molecule has 2 heterocycles. The van der Waals surface area contributed by atoms with E-state index in [9.17, 15) is 4.79 Å². The maximum atomic E-state index is 12.3. The van der Waals surface area contributed by atoms with Crippen LogP contribution in [0.15, 0.2) is 34.7 Å². The molecule has 1 amide bonds. The molecule has 0 spiro atoms. The summed E-state index contributed by atoms with van der Waals surface area (Å²) in [6.07, 6.45) is 2.68. The SMILES string of the molecule is N[C@H]1CCc2nc(NC(=O)c3cc4ccccc4o3)sc2C1. The number of anilines is 1. The van der Waals surface area contributed by atoms with Gasteiger partial charge in [-0.1, -0.05) is 18.2 Å². The molecule has 5 nitrogen and oxygen atoms in total. The molecule has 112 valence electrons. The number of nitrogens with two attached hydrogens (primary N) is 1.